The van der Waals surface area contributed by atoms with E-state index >= 15 is 0 Å². The molecule has 0 aromatic heterocycles. The molecule has 1 aliphatic rings. The first kappa shape index (κ1) is 22.9. The van der Waals surface area contributed by atoms with Crippen LogP contribution in [-0.2, 0) is 30.6 Å². The van der Waals surface area contributed by atoms with Gasteiger partial charge < -0.3 is 9.64 Å². The molecule has 3 nitrogen and oxygen atoms in total. The van der Waals surface area contributed by atoms with Crippen molar-refractivity contribution in [1.82, 2.24) is 4.90 Å². The zero-order valence-electron chi connectivity index (χ0n) is 20.4. The van der Waals surface area contributed by atoms with Crippen LogP contribution in [0.1, 0.15) is 27.8 Å². The molecule has 0 radical (unpaired) electrons. The summed E-state index contributed by atoms with van der Waals surface area (Å²) in [5.74, 6) is 0.917. The molecule has 4 aromatic rings. The second kappa shape index (κ2) is 10.2. The standard InChI is InChI=1S/C32H31NO2/c1-23-9-8-10-24(17-23)22-33(29-18-26-13-6-7-14-27(26)19-29)32(34)21-28-20-30(35-2)15-16-31(28)25-11-4-3-5-12-25/h3-17,20,29H,18-19,21-22H2,1-2H3. The maximum absolute atomic E-state index is 14.0. The molecule has 0 bridgehead atoms. The number of methoxy groups -OCH3 is 1. The van der Waals surface area contributed by atoms with Crippen molar-refractivity contribution in [3.63, 3.8) is 0 Å². The summed E-state index contributed by atoms with van der Waals surface area (Å²) in [6, 6.07) is 33.5. The highest BCUT2D eigenvalue weighted by Gasteiger charge is 2.30. The van der Waals surface area contributed by atoms with Crippen molar-refractivity contribution in [2.75, 3.05) is 7.11 Å². The van der Waals surface area contributed by atoms with Crippen LogP contribution in [0.3, 0.4) is 0 Å². The van der Waals surface area contributed by atoms with Gasteiger partial charge in [-0.3, -0.25) is 4.79 Å². The molecule has 3 heteroatoms. The molecule has 0 aliphatic heterocycles. The van der Waals surface area contributed by atoms with E-state index in [2.05, 4.69) is 78.6 Å². The number of hydrogen-bond acceptors (Lipinski definition) is 2. The first-order valence-electron chi connectivity index (χ1n) is 12.2. The van der Waals surface area contributed by atoms with E-state index in [1.165, 1.54) is 22.3 Å². The van der Waals surface area contributed by atoms with Crippen molar-refractivity contribution < 1.29 is 9.53 Å². The van der Waals surface area contributed by atoms with Gasteiger partial charge in [-0.15, -0.1) is 0 Å². The molecule has 0 N–H and O–H groups in total. The molecule has 1 aliphatic carbocycles. The Kier molecular flexibility index (Phi) is 6.67. The normalized spacial score (nSPS) is 12.9. The Balaban J connectivity index is 1.47. The third kappa shape index (κ3) is 5.14. The highest BCUT2D eigenvalue weighted by Crippen LogP contribution is 2.31. The molecule has 0 spiro atoms. The first-order chi connectivity index (χ1) is 17.1. The number of carbonyl (C=O) groups is 1. The van der Waals surface area contributed by atoms with Crippen molar-refractivity contribution in [2.45, 2.75) is 38.8 Å². The van der Waals surface area contributed by atoms with E-state index in [1.54, 1.807) is 7.11 Å². The van der Waals surface area contributed by atoms with Crippen molar-refractivity contribution >= 4 is 5.91 Å². The second-order valence-corrected chi connectivity index (χ2v) is 9.41. The lowest BCUT2D eigenvalue weighted by Crippen LogP contribution is -2.41. The van der Waals surface area contributed by atoms with Gasteiger partial charge in [0.05, 0.1) is 13.5 Å². The number of aryl methyl sites for hydroxylation is 1. The van der Waals surface area contributed by atoms with Crippen LogP contribution >= 0.6 is 0 Å². The van der Waals surface area contributed by atoms with Crippen molar-refractivity contribution in [3.05, 3.63) is 125 Å². The quantitative estimate of drug-likeness (QED) is 0.318. The highest BCUT2D eigenvalue weighted by molar-refractivity contribution is 5.83. The van der Waals surface area contributed by atoms with Crippen molar-refractivity contribution in [3.8, 4) is 16.9 Å². The lowest BCUT2D eigenvalue weighted by atomic mass is 9.96. The summed E-state index contributed by atoms with van der Waals surface area (Å²) in [5, 5.41) is 0. The van der Waals surface area contributed by atoms with Crippen LogP contribution in [0.5, 0.6) is 5.75 Å². The van der Waals surface area contributed by atoms with E-state index in [0.717, 1.165) is 35.3 Å². The van der Waals surface area contributed by atoms with Crippen LogP contribution in [0.2, 0.25) is 0 Å². The molecular formula is C32H31NO2. The average Bonchev–Trinajstić information content (AvgIpc) is 3.31. The summed E-state index contributed by atoms with van der Waals surface area (Å²) in [6.45, 7) is 2.72. The predicted molar refractivity (Wildman–Crippen MR) is 142 cm³/mol. The number of carbonyl (C=O) groups excluding carboxylic acids is 1. The number of hydrogen-bond donors (Lipinski definition) is 0. The van der Waals surface area contributed by atoms with Gasteiger partial charge in [0.2, 0.25) is 5.91 Å². The third-order valence-electron chi connectivity index (χ3n) is 6.96. The van der Waals surface area contributed by atoms with Crippen molar-refractivity contribution in [1.29, 1.82) is 0 Å². The molecule has 0 fully saturated rings. The van der Waals surface area contributed by atoms with E-state index in [4.69, 9.17) is 4.74 Å². The van der Waals surface area contributed by atoms with Gasteiger partial charge in [0.1, 0.15) is 5.75 Å². The van der Waals surface area contributed by atoms with Crippen molar-refractivity contribution in [2.24, 2.45) is 0 Å². The van der Waals surface area contributed by atoms with E-state index < -0.39 is 0 Å². The summed E-state index contributed by atoms with van der Waals surface area (Å²) < 4.78 is 5.51. The molecule has 0 saturated heterocycles. The molecule has 35 heavy (non-hydrogen) atoms. The monoisotopic (exact) mass is 461 g/mol. The van der Waals surface area contributed by atoms with Gasteiger partial charge in [-0.05, 0) is 65.3 Å². The molecule has 4 aromatic carbocycles. The predicted octanol–water partition coefficient (Wildman–Crippen LogP) is 6.41. The molecule has 1 amide bonds. The fourth-order valence-electron chi connectivity index (χ4n) is 5.19. The topological polar surface area (TPSA) is 29.5 Å². The fourth-order valence-corrected chi connectivity index (χ4v) is 5.19. The highest BCUT2D eigenvalue weighted by atomic mass is 16.5. The molecular weight excluding hydrogens is 430 g/mol. The molecule has 0 unspecified atom stereocenters. The van der Waals surface area contributed by atoms with Gasteiger partial charge in [-0.1, -0.05) is 90.5 Å². The molecule has 176 valence electrons. The Labute approximate surface area is 208 Å². The van der Waals surface area contributed by atoms with E-state index in [1.807, 2.05) is 30.3 Å². The van der Waals surface area contributed by atoms with Gasteiger partial charge in [0.15, 0.2) is 0 Å². The van der Waals surface area contributed by atoms with E-state index in [0.29, 0.717) is 13.0 Å². The minimum atomic E-state index is 0.148. The Morgan fingerprint density at radius 2 is 1.57 bits per heavy atom. The van der Waals surface area contributed by atoms with E-state index in [9.17, 15) is 4.79 Å². The minimum Gasteiger partial charge on any atom is -0.497 e. The maximum atomic E-state index is 14.0. The summed E-state index contributed by atoms with van der Waals surface area (Å²) in [4.78, 5) is 16.1. The number of amides is 1. The van der Waals surface area contributed by atoms with Gasteiger partial charge in [-0.25, -0.2) is 0 Å². The van der Waals surface area contributed by atoms with Crippen LogP contribution in [0.15, 0.2) is 97.1 Å². The fraction of sp³-hybridized carbons (Fsp3) is 0.219. The van der Waals surface area contributed by atoms with Gasteiger partial charge in [-0.2, -0.15) is 0 Å². The lowest BCUT2D eigenvalue weighted by Gasteiger charge is -2.30. The SMILES string of the molecule is COc1ccc(-c2ccccc2)c(CC(=O)N(Cc2cccc(C)c2)C2Cc3ccccc3C2)c1. The van der Waals surface area contributed by atoms with Crippen LogP contribution < -0.4 is 4.74 Å². The number of rotatable bonds is 7. The second-order valence-electron chi connectivity index (χ2n) is 9.41. The van der Waals surface area contributed by atoms with Crippen LogP contribution in [-0.4, -0.2) is 24.0 Å². The lowest BCUT2D eigenvalue weighted by molar-refractivity contribution is -0.133. The average molecular weight is 462 g/mol. The summed E-state index contributed by atoms with van der Waals surface area (Å²) in [5.41, 5.74) is 8.26. The van der Waals surface area contributed by atoms with Crippen LogP contribution in [0.25, 0.3) is 11.1 Å². The van der Waals surface area contributed by atoms with E-state index in [-0.39, 0.29) is 11.9 Å². The number of fused-ring (bicyclic) bond motifs is 1. The smallest absolute Gasteiger partial charge is 0.227 e. The number of ether oxygens (including phenoxy) is 1. The Hall–Kier alpha value is -3.85. The number of benzene rings is 4. The summed E-state index contributed by atoms with van der Waals surface area (Å²) in [6.07, 6.45) is 2.13. The van der Waals surface area contributed by atoms with Crippen LogP contribution in [0.4, 0.5) is 0 Å². The Morgan fingerprint density at radius 1 is 0.857 bits per heavy atom. The molecule has 5 rings (SSSR count). The zero-order valence-corrected chi connectivity index (χ0v) is 20.4. The third-order valence-corrected chi connectivity index (χ3v) is 6.96. The zero-order chi connectivity index (χ0) is 24.2. The molecule has 0 atom stereocenters. The maximum Gasteiger partial charge on any atom is 0.227 e. The first-order valence-corrected chi connectivity index (χ1v) is 12.2. The number of nitrogens with zero attached hydrogens (tertiary/aromatic N) is 1. The molecule has 0 saturated carbocycles. The summed E-state index contributed by atoms with van der Waals surface area (Å²) >= 11 is 0. The van der Waals surface area contributed by atoms with Gasteiger partial charge in [0.25, 0.3) is 0 Å². The van der Waals surface area contributed by atoms with Gasteiger partial charge >= 0.3 is 0 Å². The molecule has 0 heterocycles. The largest absolute Gasteiger partial charge is 0.497 e. The minimum absolute atomic E-state index is 0.148. The Bertz CT molecular complexity index is 1300. The summed E-state index contributed by atoms with van der Waals surface area (Å²) in [7, 11) is 1.67. The van der Waals surface area contributed by atoms with Gasteiger partial charge in [0, 0.05) is 12.6 Å². The Morgan fingerprint density at radius 3 is 2.26 bits per heavy atom. The van der Waals surface area contributed by atoms with Crippen LogP contribution in [0, 0.1) is 6.92 Å².